The van der Waals surface area contributed by atoms with E-state index in [1.807, 2.05) is 11.1 Å². The molecule has 0 amide bonds. The van der Waals surface area contributed by atoms with E-state index in [0.717, 1.165) is 25.2 Å². The average Bonchev–Trinajstić information content (AvgIpc) is 2.88. The quantitative estimate of drug-likeness (QED) is 0.240. The van der Waals surface area contributed by atoms with Crippen LogP contribution in [0.5, 0.6) is 0 Å². The van der Waals surface area contributed by atoms with Gasteiger partial charge >= 0.3 is 37.7 Å². The predicted molar refractivity (Wildman–Crippen MR) is 105 cm³/mol. The second-order valence-corrected chi connectivity index (χ2v) is 9.72. The minimum atomic E-state index is -5.17. The zero-order chi connectivity index (χ0) is 18.5. The zero-order valence-electron chi connectivity index (χ0n) is 16.9. The Hall–Kier alpha value is 0.460. The minimum Gasteiger partial charge on any atom is -0.759 e. The zero-order valence-corrected chi connectivity index (χ0v) is 19.9. The summed E-state index contributed by atoms with van der Waals surface area (Å²) in [6.45, 7) is 5.05. The Morgan fingerprint density at radius 3 is 2.18 bits per heavy atom. The average molecular weight is 445 g/mol. The topological polar surface area (TPSA) is 160 Å². The van der Waals surface area contributed by atoms with Crippen LogP contribution in [0.2, 0.25) is 0 Å². The largest absolute Gasteiger partial charge is 2.00 e. The molecular weight excluding hydrogens is 412 g/mol. The molecule has 0 heterocycles. The summed E-state index contributed by atoms with van der Waals surface area (Å²) in [5.74, 6) is 2.03. The monoisotopic (exact) mass is 444 g/mol. The van der Waals surface area contributed by atoms with E-state index < -0.39 is 10.4 Å². The van der Waals surface area contributed by atoms with Gasteiger partial charge in [-0.2, -0.15) is 0 Å². The van der Waals surface area contributed by atoms with E-state index in [2.05, 4.69) is 13.8 Å². The van der Waals surface area contributed by atoms with Crippen molar-refractivity contribution in [1.82, 2.24) is 0 Å². The molecule has 9 heteroatoms. The van der Waals surface area contributed by atoms with Gasteiger partial charge in [-0.15, -0.1) is 0 Å². The van der Waals surface area contributed by atoms with Gasteiger partial charge in [-0.25, -0.2) is 0 Å². The van der Waals surface area contributed by atoms with Crippen LogP contribution in [0.15, 0.2) is 11.1 Å². The van der Waals surface area contributed by atoms with Gasteiger partial charge in [0.2, 0.25) is 0 Å². The Morgan fingerprint density at radius 2 is 1.57 bits per heavy atom. The van der Waals surface area contributed by atoms with Crippen LogP contribution >= 0.6 is 0 Å². The summed E-state index contributed by atoms with van der Waals surface area (Å²) in [6.07, 6.45) is 12.5. The molecule has 4 aliphatic carbocycles. The van der Waals surface area contributed by atoms with Gasteiger partial charge in [0.15, 0.2) is 0 Å². The second-order valence-electron chi connectivity index (χ2n) is 8.90. The van der Waals surface area contributed by atoms with Crippen molar-refractivity contribution in [2.24, 2.45) is 22.7 Å². The molecule has 4 rings (SSSR count). The summed E-state index contributed by atoms with van der Waals surface area (Å²) in [5, 5.41) is 0. The third-order valence-electron chi connectivity index (χ3n) is 7.58. The van der Waals surface area contributed by atoms with Crippen molar-refractivity contribution in [3.8, 4) is 0 Å². The molecular formula is C19H32CaO7S. The van der Waals surface area contributed by atoms with Crippen LogP contribution < -0.4 is 0 Å². The smallest absolute Gasteiger partial charge is 0.759 e. The Morgan fingerprint density at radius 1 is 0.964 bits per heavy atom. The number of allylic oxidation sites excluding steroid dienone is 2. The van der Waals surface area contributed by atoms with E-state index in [0.29, 0.717) is 22.5 Å². The normalized spacial score (nSPS) is 36.2. The van der Waals surface area contributed by atoms with Crippen LogP contribution in [0.3, 0.4) is 0 Å². The number of hydrogen-bond donors (Lipinski definition) is 0. The summed E-state index contributed by atoms with van der Waals surface area (Å²) in [7, 11) is -5.17. The molecule has 4 atom stereocenters. The van der Waals surface area contributed by atoms with Gasteiger partial charge in [-0.05, 0) is 74.0 Å². The molecule has 28 heavy (non-hydrogen) atoms. The molecule has 158 valence electrons. The number of rotatable bonds is 0. The van der Waals surface area contributed by atoms with Gasteiger partial charge in [-0.1, -0.05) is 25.0 Å². The first-order valence-corrected chi connectivity index (χ1v) is 10.8. The fraction of sp³-hybridized carbons (Fsp3) is 0.842. The number of hydrogen-bond acceptors (Lipinski definition) is 5. The van der Waals surface area contributed by atoms with Crippen molar-refractivity contribution in [2.45, 2.75) is 78.1 Å². The number of carbonyl (C=O) groups excluding carboxylic acids is 1. The van der Waals surface area contributed by atoms with Gasteiger partial charge in [0, 0.05) is 23.2 Å². The van der Waals surface area contributed by atoms with E-state index in [4.69, 9.17) is 17.5 Å². The fourth-order valence-corrected chi connectivity index (χ4v) is 6.28. The fourth-order valence-electron chi connectivity index (χ4n) is 6.28. The maximum absolute atomic E-state index is 11.8. The van der Waals surface area contributed by atoms with E-state index in [-0.39, 0.29) is 48.7 Å². The minimum absolute atomic E-state index is 0. The third kappa shape index (κ3) is 5.78. The maximum Gasteiger partial charge on any atom is 2.00 e. The molecule has 7 nitrogen and oxygen atoms in total. The van der Waals surface area contributed by atoms with Crippen molar-refractivity contribution in [2.75, 3.05) is 0 Å². The van der Waals surface area contributed by atoms with Crippen molar-refractivity contribution in [3.05, 3.63) is 11.1 Å². The molecule has 0 aliphatic heterocycles. The molecule has 4 aliphatic rings. The standard InChI is InChI=1S/C19H28O.Ca.H2O4S.2H2O/c1-18-9-3-4-16(18)15-6-5-13-12-14(20)7-11-19(13,2)17(15)8-10-18;;1-5(2,3)4;;/h13,17H,3-12H2,1-2H3;;(H2,1,2,3,4);2*1H2/q;+2;;;/p-2/t13?,17-,18-,19-;;;;/m0..../s1. The number of ketones is 1. The van der Waals surface area contributed by atoms with Crippen molar-refractivity contribution >= 4 is 53.9 Å². The number of Topliss-reactive ketones (excluding diaryl/α,β-unsaturated/α-hetero) is 1. The number of fused-ring (bicyclic) bond motifs is 4. The van der Waals surface area contributed by atoms with Crippen LogP contribution in [-0.2, 0) is 15.2 Å². The van der Waals surface area contributed by atoms with Gasteiger partial charge in [0.1, 0.15) is 5.78 Å². The molecule has 0 aromatic rings. The van der Waals surface area contributed by atoms with Crippen molar-refractivity contribution in [3.63, 3.8) is 0 Å². The first-order valence-electron chi connectivity index (χ1n) is 9.44. The van der Waals surface area contributed by atoms with Crippen LogP contribution in [0.25, 0.3) is 0 Å². The second kappa shape index (κ2) is 10.2. The van der Waals surface area contributed by atoms with Crippen LogP contribution in [0.4, 0.5) is 0 Å². The molecule has 0 spiro atoms. The van der Waals surface area contributed by atoms with Gasteiger partial charge in [0.25, 0.3) is 0 Å². The molecule has 0 saturated heterocycles. The summed E-state index contributed by atoms with van der Waals surface area (Å²) >= 11 is 0. The summed E-state index contributed by atoms with van der Waals surface area (Å²) in [4.78, 5) is 11.8. The summed E-state index contributed by atoms with van der Waals surface area (Å²) < 4.78 is 34.1. The summed E-state index contributed by atoms with van der Waals surface area (Å²) in [6, 6.07) is 0. The van der Waals surface area contributed by atoms with Crippen LogP contribution in [0, 0.1) is 22.7 Å². The van der Waals surface area contributed by atoms with Crippen LogP contribution in [0.1, 0.15) is 78.1 Å². The molecule has 0 aromatic carbocycles. The van der Waals surface area contributed by atoms with Crippen molar-refractivity contribution in [1.29, 1.82) is 0 Å². The molecule has 4 N–H and O–H groups in total. The van der Waals surface area contributed by atoms with Crippen molar-refractivity contribution < 1.29 is 33.3 Å². The Bertz CT molecular complexity index is 697. The summed E-state index contributed by atoms with van der Waals surface area (Å²) in [5.41, 5.74) is 4.73. The van der Waals surface area contributed by atoms with Gasteiger partial charge in [0.05, 0.1) is 0 Å². The Kier molecular flexibility index (Phi) is 10.3. The van der Waals surface area contributed by atoms with E-state index in [1.54, 1.807) is 0 Å². The Labute approximate surface area is 197 Å². The molecule has 0 aromatic heterocycles. The van der Waals surface area contributed by atoms with E-state index in [9.17, 15) is 4.79 Å². The first-order chi connectivity index (χ1) is 11.5. The Balaban J connectivity index is 0.000000823. The van der Waals surface area contributed by atoms with Crippen LogP contribution in [-0.4, -0.2) is 72.0 Å². The predicted octanol–water partition coefficient (Wildman–Crippen LogP) is 1.68. The van der Waals surface area contributed by atoms with Gasteiger partial charge < -0.3 is 20.1 Å². The number of carbonyl (C=O) groups is 1. The maximum atomic E-state index is 11.8. The molecule has 3 fully saturated rings. The van der Waals surface area contributed by atoms with E-state index in [1.165, 1.54) is 44.9 Å². The molecule has 1 unspecified atom stereocenters. The first kappa shape index (κ1) is 28.5. The van der Waals surface area contributed by atoms with Gasteiger partial charge in [-0.3, -0.25) is 13.2 Å². The SMILES string of the molecule is C[C@@]12CCCC1=C1CCC3CC(=O)CC[C@]3(C)[C@H]1CC2.O.O.O=S(=O)([O-])[O-].[Ca+2]. The molecule has 0 bridgehead atoms. The third-order valence-corrected chi connectivity index (χ3v) is 7.58. The van der Waals surface area contributed by atoms with E-state index >= 15 is 0 Å². The molecule has 0 radical (unpaired) electrons. The molecule has 3 saturated carbocycles.